The summed E-state index contributed by atoms with van der Waals surface area (Å²) in [7, 11) is 0. The van der Waals surface area contributed by atoms with Gasteiger partial charge in [-0.3, -0.25) is 0 Å². The van der Waals surface area contributed by atoms with Crippen LogP contribution in [0.5, 0.6) is 0 Å². The fourth-order valence-electron chi connectivity index (χ4n) is 2.76. The van der Waals surface area contributed by atoms with Crippen molar-refractivity contribution in [3.8, 4) is 0 Å². The van der Waals surface area contributed by atoms with Crippen molar-refractivity contribution in [3.05, 3.63) is 29.3 Å². The minimum atomic E-state index is 0.420. The molecule has 0 radical (unpaired) electrons. The molecule has 0 bridgehead atoms. The molecule has 1 saturated heterocycles. The lowest BCUT2D eigenvalue weighted by Crippen LogP contribution is -2.18. The zero-order valence-corrected chi connectivity index (χ0v) is 9.18. The van der Waals surface area contributed by atoms with Crippen LogP contribution in [0.15, 0.2) is 24.3 Å². The molecule has 76 valence electrons. The van der Waals surface area contributed by atoms with E-state index in [1.165, 1.54) is 28.2 Å². The fourth-order valence-corrected chi connectivity index (χ4v) is 4.00. The van der Waals surface area contributed by atoms with Crippen LogP contribution in [0.3, 0.4) is 0 Å². The Morgan fingerprint density at radius 1 is 1.40 bits per heavy atom. The van der Waals surface area contributed by atoms with Crippen LogP contribution in [-0.4, -0.2) is 18.1 Å². The Bertz CT molecular complexity index is 500. The van der Waals surface area contributed by atoms with Crippen LogP contribution in [-0.2, 0) is 5.41 Å². The van der Waals surface area contributed by atoms with E-state index in [0.29, 0.717) is 5.41 Å². The molecule has 1 aromatic heterocycles. The van der Waals surface area contributed by atoms with E-state index in [0.717, 1.165) is 12.5 Å². The molecule has 1 aromatic carbocycles. The van der Waals surface area contributed by atoms with Gasteiger partial charge in [-0.2, -0.15) is 0 Å². The van der Waals surface area contributed by atoms with Crippen molar-refractivity contribution in [1.29, 1.82) is 0 Å². The molecule has 2 aliphatic rings. The molecule has 0 unspecified atom stereocenters. The van der Waals surface area contributed by atoms with Gasteiger partial charge in [0.25, 0.3) is 0 Å². The summed E-state index contributed by atoms with van der Waals surface area (Å²) in [5.41, 5.74) is 1.59. The summed E-state index contributed by atoms with van der Waals surface area (Å²) < 4.78 is 1.33. The Balaban J connectivity index is 1.89. The smallest absolute Gasteiger partial charge is 0.102 e. The summed E-state index contributed by atoms with van der Waals surface area (Å²) in [5.74, 6) is 0.859. The van der Waals surface area contributed by atoms with Gasteiger partial charge in [-0.25, -0.2) is 4.98 Å². The Kier molecular flexibility index (Phi) is 1.43. The highest BCUT2D eigenvalue weighted by Crippen LogP contribution is 2.57. The molecule has 3 heteroatoms. The Morgan fingerprint density at radius 2 is 2.33 bits per heavy atom. The summed E-state index contributed by atoms with van der Waals surface area (Å²) in [6.07, 6.45) is 1.35. The van der Waals surface area contributed by atoms with E-state index in [4.69, 9.17) is 4.98 Å². The van der Waals surface area contributed by atoms with Crippen LogP contribution in [0.25, 0.3) is 10.2 Å². The summed E-state index contributed by atoms with van der Waals surface area (Å²) in [6.45, 7) is 2.33. The zero-order chi connectivity index (χ0) is 9.88. The number of thiazole rings is 1. The van der Waals surface area contributed by atoms with Gasteiger partial charge in [0.2, 0.25) is 0 Å². The highest BCUT2D eigenvalue weighted by molar-refractivity contribution is 7.18. The second kappa shape index (κ2) is 2.60. The first-order valence-electron chi connectivity index (χ1n) is 5.45. The SMILES string of the molecule is c1ccc2sc([C@]34CNC[C@@H]3C4)nc2c1. The first-order valence-corrected chi connectivity index (χ1v) is 6.27. The van der Waals surface area contributed by atoms with E-state index in [2.05, 4.69) is 29.6 Å². The number of fused-ring (bicyclic) bond motifs is 2. The number of aromatic nitrogens is 1. The standard InChI is InChI=1S/C12H12N2S/c1-2-4-10-9(3-1)14-11(15-10)12-5-8(12)6-13-7-12/h1-4,8,13H,5-7H2/t8-,12+/m0/s1. The van der Waals surface area contributed by atoms with Crippen LogP contribution in [0.1, 0.15) is 11.4 Å². The van der Waals surface area contributed by atoms with Crippen molar-refractivity contribution in [2.75, 3.05) is 13.1 Å². The summed E-state index contributed by atoms with van der Waals surface area (Å²) >= 11 is 1.88. The number of nitrogens with one attached hydrogen (secondary N) is 1. The predicted octanol–water partition coefficient (Wildman–Crippen LogP) is 2.16. The summed E-state index contributed by atoms with van der Waals surface area (Å²) in [6, 6.07) is 8.46. The Hall–Kier alpha value is -0.930. The lowest BCUT2D eigenvalue weighted by atomic mass is 10.1. The van der Waals surface area contributed by atoms with Crippen molar-refractivity contribution in [2.24, 2.45) is 5.92 Å². The molecule has 1 aliphatic heterocycles. The number of hydrogen-bond donors (Lipinski definition) is 1. The number of hydrogen-bond acceptors (Lipinski definition) is 3. The van der Waals surface area contributed by atoms with Crippen molar-refractivity contribution < 1.29 is 0 Å². The van der Waals surface area contributed by atoms with Crippen molar-refractivity contribution in [2.45, 2.75) is 11.8 Å². The molecular weight excluding hydrogens is 204 g/mol. The van der Waals surface area contributed by atoms with E-state index in [1.54, 1.807) is 0 Å². The largest absolute Gasteiger partial charge is 0.315 e. The van der Waals surface area contributed by atoms with Crippen molar-refractivity contribution >= 4 is 21.6 Å². The molecule has 4 rings (SSSR count). The van der Waals surface area contributed by atoms with Crippen LogP contribution in [0.2, 0.25) is 0 Å². The molecule has 2 atom stereocenters. The molecule has 15 heavy (non-hydrogen) atoms. The van der Waals surface area contributed by atoms with Gasteiger partial charge >= 0.3 is 0 Å². The van der Waals surface area contributed by atoms with Crippen molar-refractivity contribution in [3.63, 3.8) is 0 Å². The lowest BCUT2D eigenvalue weighted by Gasteiger charge is -2.05. The zero-order valence-electron chi connectivity index (χ0n) is 8.36. The first kappa shape index (κ1) is 8.25. The fraction of sp³-hybridized carbons (Fsp3) is 0.417. The maximum atomic E-state index is 4.79. The molecule has 0 amide bonds. The maximum absolute atomic E-state index is 4.79. The number of para-hydroxylation sites is 1. The van der Waals surface area contributed by atoms with E-state index < -0.39 is 0 Å². The van der Waals surface area contributed by atoms with Gasteiger partial charge in [-0.05, 0) is 31.0 Å². The topological polar surface area (TPSA) is 24.9 Å². The minimum Gasteiger partial charge on any atom is -0.315 e. The molecule has 1 N–H and O–H groups in total. The first-order chi connectivity index (χ1) is 7.38. The molecule has 2 aromatic rings. The Morgan fingerprint density at radius 3 is 3.07 bits per heavy atom. The number of benzene rings is 1. The number of piperidine rings is 1. The van der Waals surface area contributed by atoms with Crippen molar-refractivity contribution in [1.82, 2.24) is 10.3 Å². The molecule has 0 spiro atoms. The number of nitrogens with zero attached hydrogens (tertiary/aromatic N) is 1. The average Bonchev–Trinajstić information content (AvgIpc) is 2.68. The molecule has 2 fully saturated rings. The minimum absolute atomic E-state index is 0.420. The van der Waals surface area contributed by atoms with Crippen LogP contribution in [0, 0.1) is 5.92 Å². The molecule has 2 nitrogen and oxygen atoms in total. The summed E-state index contributed by atoms with van der Waals surface area (Å²) in [4.78, 5) is 4.79. The van der Waals surface area contributed by atoms with Crippen LogP contribution in [0.4, 0.5) is 0 Å². The highest BCUT2D eigenvalue weighted by Gasteiger charge is 2.60. The quantitative estimate of drug-likeness (QED) is 0.790. The molecule has 2 heterocycles. The molecule has 1 saturated carbocycles. The second-order valence-electron chi connectivity index (χ2n) is 4.67. The third kappa shape index (κ3) is 0.998. The van der Waals surface area contributed by atoms with E-state index in [1.807, 2.05) is 11.3 Å². The van der Waals surface area contributed by atoms with Crippen LogP contribution < -0.4 is 5.32 Å². The predicted molar refractivity (Wildman–Crippen MR) is 62.3 cm³/mol. The average molecular weight is 216 g/mol. The van der Waals surface area contributed by atoms with Gasteiger partial charge in [-0.1, -0.05) is 12.1 Å². The van der Waals surface area contributed by atoms with E-state index in [9.17, 15) is 0 Å². The third-order valence-electron chi connectivity index (χ3n) is 3.78. The molecule has 1 aliphatic carbocycles. The highest BCUT2D eigenvalue weighted by atomic mass is 32.1. The lowest BCUT2D eigenvalue weighted by molar-refractivity contribution is 0.672. The molecular formula is C12H12N2S. The number of rotatable bonds is 1. The van der Waals surface area contributed by atoms with Gasteiger partial charge in [0, 0.05) is 12.0 Å². The third-order valence-corrected chi connectivity index (χ3v) is 5.04. The monoisotopic (exact) mass is 216 g/mol. The maximum Gasteiger partial charge on any atom is 0.102 e. The summed E-state index contributed by atoms with van der Waals surface area (Å²) in [5, 5.41) is 4.83. The normalized spacial score (nSPS) is 33.2. The van der Waals surface area contributed by atoms with Gasteiger partial charge in [0.15, 0.2) is 0 Å². The second-order valence-corrected chi connectivity index (χ2v) is 5.71. The van der Waals surface area contributed by atoms with Gasteiger partial charge in [-0.15, -0.1) is 11.3 Å². The van der Waals surface area contributed by atoms with E-state index >= 15 is 0 Å². The van der Waals surface area contributed by atoms with Gasteiger partial charge < -0.3 is 5.32 Å². The van der Waals surface area contributed by atoms with E-state index in [-0.39, 0.29) is 0 Å². The van der Waals surface area contributed by atoms with Gasteiger partial charge in [0.05, 0.1) is 10.2 Å². The Labute approximate surface area is 92.3 Å². The van der Waals surface area contributed by atoms with Gasteiger partial charge in [0.1, 0.15) is 5.01 Å². The van der Waals surface area contributed by atoms with Crippen LogP contribution >= 0.6 is 11.3 Å².